The summed E-state index contributed by atoms with van der Waals surface area (Å²) in [4.78, 5) is 47.4. The van der Waals surface area contributed by atoms with E-state index in [-0.39, 0.29) is 30.4 Å². The normalized spacial score (nSPS) is 37.4. The van der Waals surface area contributed by atoms with Gasteiger partial charge in [-0.2, -0.15) is 0 Å². The maximum Gasteiger partial charge on any atom is 0.249 e. The van der Waals surface area contributed by atoms with Crippen LogP contribution in [0.4, 0.5) is 0 Å². The molecule has 5 rings (SSSR count). The van der Waals surface area contributed by atoms with Crippen molar-refractivity contribution in [1.82, 2.24) is 14.7 Å². The fourth-order valence-electron chi connectivity index (χ4n) is 7.25. The Kier molecular flexibility index (Phi) is 6.55. The molecule has 8 heteroatoms. The number of carbonyl (C=O) groups is 3. The number of likely N-dealkylation sites (N-methyl/N-ethyl adjacent to an activating group) is 1. The minimum atomic E-state index is -1.17. The van der Waals surface area contributed by atoms with Gasteiger partial charge in [0.25, 0.3) is 0 Å². The Hall–Kier alpha value is -2.19. The van der Waals surface area contributed by atoms with Crippen LogP contribution in [0, 0.1) is 11.8 Å². The Morgan fingerprint density at radius 3 is 2.43 bits per heavy atom. The zero-order chi connectivity index (χ0) is 24.8. The summed E-state index contributed by atoms with van der Waals surface area (Å²) < 4.78 is 6.93. The van der Waals surface area contributed by atoms with E-state index in [4.69, 9.17) is 4.74 Å². The predicted molar refractivity (Wildman–Crippen MR) is 130 cm³/mol. The second-order valence-electron chi connectivity index (χ2n) is 10.9. The summed E-state index contributed by atoms with van der Waals surface area (Å²) in [6.07, 6.45) is 14.9. The number of ether oxygens (including phenoxy) is 1. The van der Waals surface area contributed by atoms with Crippen molar-refractivity contribution in [2.45, 2.75) is 81.6 Å². The van der Waals surface area contributed by atoms with Gasteiger partial charge in [-0.05, 0) is 32.1 Å². The summed E-state index contributed by atoms with van der Waals surface area (Å²) in [5.74, 6) is -1.75. The summed E-state index contributed by atoms with van der Waals surface area (Å²) in [6, 6.07) is -0.620. The second kappa shape index (κ2) is 9.36. The van der Waals surface area contributed by atoms with Crippen LogP contribution in [-0.4, -0.2) is 94.1 Å². The van der Waals surface area contributed by atoms with Crippen LogP contribution in [0.1, 0.15) is 58.3 Å². The van der Waals surface area contributed by atoms with E-state index >= 15 is 0 Å². The van der Waals surface area contributed by atoms with E-state index in [1.54, 1.807) is 16.8 Å². The zero-order valence-corrected chi connectivity index (χ0v) is 21.0. The molecular formula is C27H39N3O5. The van der Waals surface area contributed by atoms with E-state index in [2.05, 4.69) is 0 Å². The van der Waals surface area contributed by atoms with E-state index in [9.17, 15) is 19.5 Å². The van der Waals surface area contributed by atoms with Crippen LogP contribution < -0.4 is 0 Å². The van der Waals surface area contributed by atoms with Crippen molar-refractivity contribution in [1.29, 1.82) is 0 Å². The largest absolute Gasteiger partial charge is 0.396 e. The highest BCUT2D eigenvalue weighted by atomic mass is 16.5. The standard InChI is InChI=1S/C27H39N3O5/c1-3-26-13-9-15-28(2)23(32)20(26)21-24(33)30(16-7-8-18-31)22-25(34)29(19-11-5-4-6-12-19)17-10-14-27(21,22)35-26/h9-10,13-14,19-22,31H,3-8,11-12,15-18H2,1-2H3/t20-,21+,22?,26+,27+/m1/s1. The third-order valence-electron chi connectivity index (χ3n) is 8.99. The lowest BCUT2D eigenvalue weighted by Crippen LogP contribution is -2.57. The van der Waals surface area contributed by atoms with Crippen LogP contribution in [0.2, 0.25) is 0 Å². The molecule has 5 atom stereocenters. The minimum absolute atomic E-state index is 0.0372. The van der Waals surface area contributed by atoms with Gasteiger partial charge in [-0.25, -0.2) is 0 Å². The number of hydrogen-bond donors (Lipinski definition) is 1. The first-order valence-electron chi connectivity index (χ1n) is 13.4. The molecule has 1 aliphatic carbocycles. The highest BCUT2D eigenvalue weighted by Gasteiger charge is 2.75. The van der Waals surface area contributed by atoms with Crippen LogP contribution in [0.25, 0.3) is 0 Å². The van der Waals surface area contributed by atoms with Gasteiger partial charge in [0, 0.05) is 39.3 Å². The zero-order valence-electron chi connectivity index (χ0n) is 21.0. The summed E-state index contributed by atoms with van der Waals surface area (Å²) in [5, 5.41) is 9.35. The van der Waals surface area contributed by atoms with Crippen LogP contribution in [0.5, 0.6) is 0 Å². The number of nitrogens with zero attached hydrogens (tertiary/aromatic N) is 3. The van der Waals surface area contributed by atoms with Crippen molar-refractivity contribution in [3.8, 4) is 0 Å². The Morgan fingerprint density at radius 1 is 0.971 bits per heavy atom. The van der Waals surface area contributed by atoms with Gasteiger partial charge in [-0.15, -0.1) is 0 Å². The molecule has 0 radical (unpaired) electrons. The molecule has 4 aliphatic heterocycles. The molecule has 3 amide bonds. The molecule has 5 aliphatic rings. The molecule has 3 fully saturated rings. The quantitative estimate of drug-likeness (QED) is 0.458. The fraction of sp³-hybridized carbons (Fsp3) is 0.741. The van der Waals surface area contributed by atoms with Gasteiger partial charge in [0.2, 0.25) is 17.7 Å². The predicted octanol–water partition coefficient (Wildman–Crippen LogP) is 1.88. The second-order valence-corrected chi connectivity index (χ2v) is 10.9. The Labute approximate surface area is 207 Å². The van der Waals surface area contributed by atoms with Gasteiger partial charge in [-0.3, -0.25) is 14.4 Å². The molecule has 1 saturated carbocycles. The van der Waals surface area contributed by atoms with Crippen molar-refractivity contribution >= 4 is 17.7 Å². The third kappa shape index (κ3) is 3.67. The molecule has 8 nitrogen and oxygen atoms in total. The fourth-order valence-corrected chi connectivity index (χ4v) is 7.25. The first kappa shape index (κ1) is 24.5. The number of rotatable bonds is 6. The number of aliphatic hydroxyl groups is 1. The Bertz CT molecular complexity index is 928. The molecule has 0 aromatic rings. The molecule has 1 spiro atoms. The summed E-state index contributed by atoms with van der Waals surface area (Å²) in [6.45, 7) is 3.37. The monoisotopic (exact) mass is 485 g/mol. The van der Waals surface area contributed by atoms with E-state index in [1.807, 2.05) is 36.1 Å². The van der Waals surface area contributed by atoms with Crippen LogP contribution in [-0.2, 0) is 19.1 Å². The number of carbonyl (C=O) groups excluding carboxylic acids is 3. The van der Waals surface area contributed by atoms with Crippen molar-refractivity contribution in [3.63, 3.8) is 0 Å². The van der Waals surface area contributed by atoms with E-state index in [0.29, 0.717) is 38.9 Å². The van der Waals surface area contributed by atoms with Crippen LogP contribution >= 0.6 is 0 Å². The lowest BCUT2D eigenvalue weighted by Gasteiger charge is -2.40. The molecule has 0 aromatic heterocycles. The molecule has 0 bridgehead atoms. The van der Waals surface area contributed by atoms with Gasteiger partial charge in [0.15, 0.2) is 0 Å². The molecular weight excluding hydrogens is 446 g/mol. The highest BCUT2D eigenvalue weighted by molar-refractivity contribution is 6.00. The van der Waals surface area contributed by atoms with Gasteiger partial charge in [0.05, 0.1) is 17.4 Å². The highest BCUT2D eigenvalue weighted by Crippen LogP contribution is 2.58. The van der Waals surface area contributed by atoms with E-state index < -0.39 is 29.1 Å². The summed E-state index contributed by atoms with van der Waals surface area (Å²) >= 11 is 0. The summed E-state index contributed by atoms with van der Waals surface area (Å²) in [5.41, 5.74) is -2.09. The summed E-state index contributed by atoms with van der Waals surface area (Å²) in [7, 11) is 1.76. The van der Waals surface area contributed by atoms with Gasteiger partial charge in [0.1, 0.15) is 11.6 Å². The number of fused-ring (bicyclic) bond motifs is 2. The topological polar surface area (TPSA) is 90.4 Å². The van der Waals surface area contributed by atoms with Crippen LogP contribution in [0.15, 0.2) is 24.3 Å². The van der Waals surface area contributed by atoms with E-state index in [0.717, 1.165) is 25.7 Å². The number of unbranched alkanes of at least 4 members (excludes halogenated alkanes) is 1. The Morgan fingerprint density at radius 2 is 1.71 bits per heavy atom. The van der Waals surface area contributed by atoms with Gasteiger partial charge in [-0.1, -0.05) is 50.5 Å². The molecule has 1 N–H and O–H groups in total. The van der Waals surface area contributed by atoms with Crippen molar-refractivity contribution in [2.24, 2.45) is 11.8 Å². The molecule has 192 valence electrons. The van der Waals surface area contributed by atoms with Gasteiger partial charge < -0.3 is 24.5 Å². The number of aliphatic hydroxyl groups excluding tert-OH is 1. The number of likely N-dealkylation sites (tertiary alicyclic amines) is 1. The molecule has 0 aromatic carbocycles. The Balaban J connectivity index is 1.60. The van der Waals surface area contributed by atoms with Crippen molar-refractivity contribution < 1.29 is 24.2 Å². The smallest absolute Gasteiger partial charge is 0.249 e. The number of hydrogen-bond acceptors (Lipinski definition) is 5. The van der Waals surface area contributed by atoms with E-state index in [1.165, 1.54) is 6.42 Å². The maximum absolute atomic E-state index is 14.3. The van der Waals surface area contributed by atoms with Crippen LogP contribution in [0.3, 0.4) is 0 Å². The average molecular weight is 486 g/mol. The third-order valence-corrected chi connectivity index (χ3v) is 8.99. The lowest BCUT2D eigenvalue weighted by atomic mass is 9.73. The van der Waals surface area contributed by atoms with Crippen molar-refractivity contribution in [3.05, 3.63) is 24.3 Å². The lowest BCUT2D eigenvalue weighted by molar-refractivity contribution is -0.155. The SMILES string of the molecule is CC[C@]12C=CCN(C)C(=O)[C@H]1[C@H]1C(=O)N(CCCCO)C3C(=O)N(C4CCCCC4)CC=C[C@@]31O2. The number of amides is 3. The average Bonchev–Trinajstić information content (AvgIpc) is 3.16. The van der Waals surface area contributed by atoms with Gasteiger partial charge >= 0.3 is 0 Å². The first-order chi connectivity index (χ1) is 16.9. The molecule has 1 unspecified atom stereocenters. The maximum atomic E-state index is 14.3. The molecule has 4 heterocycles. The van der Waals surface area contributed by atoms with Crippen molar-refractivity contribution in [2.75, 3.05) is 33.3 Å². The molecule has 2 saturated heterocycles. The minimum Gasteiger partial charge on any atom is -0.396 e. The molecule has 35 heavy (non-hydrogen) atoms. The first-order valence-corrected chi connectivity index (χ1v) is 13.4.